The van der Waals surface area contributed by atoms with Gasteiger partial charge in [0.1, 0.15) is 5.75 Å². The smallest absolute Gasteiger partial charge is 0.319 e. The van der Waals surface area contributed by atoms with Crippen molar-refractivity contribution in [2.45, 2.75) is 5.92 Å². The van der Waals surface area contributed by atoms with E-state index in [4.69, 9.17) is 16.3 Å². The molecule has 4 aromatic rings. The summed E-state index contributed by atoms with van der Waals surface area (Å²) in [4.78, 5) is 42.7. The highest BCUT2D eigenvalue weighted by Crippen LogP contribution is 2.55. The van der Waals surface area contributed by atoms with Crippen LogP contribution in [0, 0.1) is 17.8 Å². The molecule has 1 saturated heterocycles. The van der Waals surface area contributed by atoms with Crippen LogP contribution in [0.4, 0.5) is 5.69 Å². The molecule has 2 aliphatic heterocycles. The quantitative estimate of drug-likeness (QED) is 0.190. The maximum Gasteiger partial charge on any atom is 0.319 e. The van der Waals surface area contributed by atoms with Crippen LogP contribution >= 0.6 is 11.6 Å². The molecule has 2 heterocycles. The van der Waals surface area contributed by atoms with Gasteiger partial charge in [0.05, 0.1) is 28.5 Å². The second kappa shape index (κ2) is 8.15. The Kier molecular flexibility index (Phi) is 4.85. The van der Waals surface area contributed by atoms with Crippen LogP contribution in [0.3, 0.4) is 0 Å². The maximum atomic E-state index is 14.0. The Morgan fingerprint density at radius 3 is 2.24 bits per heavy atom. The molecule has 180 valence electrons. The average Bonchev–Trinajstić information content (AvgIpc) is 3.19. The van der Waals surface area contributed by atoms with Gasteiger partial charge in [0.2, 0.25) is 11.8 Å². The number of amides is 2. The molecular weight excluding hydrogens is 486 g/mol. The molecule has 0 saturated carbocycles. The number of carbonyl (C=O) groups is 3. The fourth-order valence-corrected chi connectivity index (χ4v) is 6.38. The summed E-state index contributed by atoms with van der Waals surface area (Å²) < 4.78 is 5.92. The van der Waals surface area contributed by atoms with Crippen molar-refractivity contribution < 1.29 is 19.1 Å². The Balaban J connectivity index is 1.46. The molecule has 4 aromatic carbocycles. The van der Waals surface area contributed by atoms with E-state index < -0.39 is 35.5 Å². The Labute approximate surface area is 217 Å². The van der Waals surface area contributed by atoms with Crippen molar-refractivity contribution in [1.82, 2.24) is 0 Å². The van der Waals surface area contributed by atoms with E-state index in [0.717, 1.165) is 32.4 Å². The Morgan fingerprint density at radius 2 is 1.43 bits per heavy atom. The van der Waals surface area contributed by atoms with Gasteiger partial charge in [-0.15, -0.1) is 0 Å². The number of rotatable bonds is 2. The van der Waals surface area contributed by atoms with Gasteiger partial charge in [0, 0.05) is 16.9 Å². The van der Waals surface area contributed by atoms with Crippen LogP contribution in [0.1, 0.15) is 17.0 Å². The van der Waals surface area contributed by atoms with E-state index in [1.54, 1.807) is 24.3 Å². The Hall–Kier alpha value is -4.22. The van der Waals surface area contributed by atoms with Crippen molar-refractivity contribution in [1.29, 1.82) is 0 Å². The van der Waals surface area contributed by atoms with Gasteiger partial charge >= 0.3 is 5.97 Å². The van der Waals surface area contributed by atoms with Crippen LogP contribution in [-0.4, -0.2) is 17.8 Å². The maximum absolute atomic E-state index is 14.0. The number of allylic oxidation sites excluding steroid dienone is 1. The molecule has 6 heteroatoms. The van der Waals surface area contributed by atoms with Crippen molar-refractivity contribution in [3.05, 3.63) is 113 Å². The first-order chi connectivity index (χ1) is 18.0. The molecule has 1 aliphatic carbocycles. The number of ether oxygens (including phenoxy) is 1. The molecule has 0 N–H and O–H groups in total. The Bertz CT molecular complexity index is 1660. The molecule has 0 unspecified atom stereocenters. The second-order valence-electron chi connectivity index (χ2n) is 9.64. The highest BCUT2D eigenvalue weighted by atomic mass is 35.5. The summed E-state index contributed by atoms with van der Waals surface area (Å²) in [5, 5.41) is 2.09. The molecule has 0 spiro atoms. The molecule has 3 aliphatic rings. The van der Waals surface area contributed by atoms with E-state index in [2.05, 4.69) is 0 Å². The number of imide groups is 1. The topological polar surface area (TPSA) is 63.7 Å². The minimum Gasteiger partial charge on any atom is -0.425 e. The normalized spacial score (nSPS) is 24.3. The number of hydrogen-bond donors (Lipinski definition) is 0. The van der Waals surface area contributed by atoms with Crippen LogP contribution in [0.25, 0.3) is 16.3 Å². The SMILES string of the molecule is O=C1Oc2c(ccc3ccccc23)C2=C[C@H](c3ccccc3)[C@@H]3C(=O)N(c4ccccc4Cl)C(=O)[C@@H]3[C@@H]12. The zero-order valence-electron chi connectivity index (χ0n) is 19.5. The third-order valence-corrected chi connectivity index (χ3v) is 8.08. The minimum atomic E-state index is -0.902. The molecule has 1 fully saturated rings. The highest BCUT2D eigenvalue weighted by Gasteiger charge is 2.60. The molecule has 0 radical (unpaired) electrons. The lowest BCUT2D eigenvalue weighted by Crippen LogP contribution is -2.42. The molecule has 5 nitrogen and oxygen atoms in total. The Morgan fingerprint density at radius 1 is 0.730 bits per heavy atom. The fraction of sp³-hybridized carbons (Fsp3) is 0.129. The van der Waals surface area contributed by atoms with Crippen LogP contribution in [0.15, 0.2) is 97.1 Å². The van der Waals surface area contributed by atoms with Crippen LogP contribution in [0.5, 0.6) is 5.75 Å². The molecule has 2 amide bonds. The summed E-state index contributed by atoms with van der Waals surface area (Å²) in [5.41, 5.74) is 2.75. The summed E-state index contributed by atoms with van der Waals surface area (Å²) in [6, 6.07) is 28.1. The fourth-order valence-electron chi connectivity index (χ4n) is 6.16. The summed E-state index contributed by atoms with van der Waals surface area (Å²) in [5.74, 6) is -3.75. The number of nitrogens with zero attached hydrogens (tertiary/aromatic N) is 1. The number of anilines is 1. The molecule has 4 atom stereocenters. The van der Waals surface area contributed by atoms with E-state index in [1.807, 2.05) is 72.8 Å². The van der Waals surface area contributed by atoms with Crippen molar-refractivity contribution in [3.63, 3.8) is 0 Å². The van der Waals surface area contributed by atoms with Crippen molar-refractivity contribution in [2.75, 3.05) is 4.90 Å². The predicted octanol–water partition coefficient (Wildman–Crippen LogP) is 6.02. The number of carbonyl (C=O) groups excluding carboxylic acids is 3. The van der Waals surface area contributed by atoms with Gasteiger partial charge < -0.3 is 4.74 Å². The zero-order valence-corrected chi connectivity index (χ0v) is 20.3. The van der Waals surface area contributed by atoms with E-state index >= 15 is 0 Å². The van der Waals surface area contributed by atoms with Crippen LogP contribution in [0.2, 0.25) is 5.02 Å². The largest absolute Gasteiger partial charge is 0.425 e. The molecule has 7 rings (SSSR count). The zero-order chi connectivity index (χ0) is 25.3. The number of esters is 1. The van der Waals surface area contributed by atoms with Crippen molar-refractivity contribution >= 4 is 51.4 Å². The summed E-state index contributed by atoms with van der Waals surface area (Å²) in [6.07, 6.45) is 2.00. The average molecular weight is 506 g/mol. The van der Waals surface area contributed by atoms with Gasteiger partial charge in [0.15, 0.2) is 0 Å². The first-order valence-electron chi connectivity index (χ1n) is 12.2. The third kappa shape index (κ3) is 3.14. The first kappa shape index (κ1) is 22.0. The van der Waals surface area contributed by atoms with Crippen LogP contribution < -0.4 is 9.64 Å². The molecular formula is C31H20ClNO4. The third-order valence-electron chi connectivity index (χ3n) is 7.76. The standard InChI is InChI=1S/C31H20ClNO4/c32-23-12-6-7-13-24(23)33-29(34)25-21(17-8-2-1-3-9-17)16-22-20-15-14-18-10-4-5-11-19(18)28(20)37-31(36)26(22)27(25)30(33)35/h1-16,21,25-27H/t21-,25+,26+,27+/m1/s1. The minimum absolute atomic E-state index is 0.301. The lowest BCUT2D eigenvalue weighted by molar-refractivity contribution is -0.142. The monoisotopic (exact) mass is 505 g/mol. The van der Waals surface area contributed by atoms with Gasteiger partial charge in [-0.25, -0.2) is 4.90 Å². The first-order valence-corrected chi connectivity index (χ1v) is 12.5. The van der Waals surface area contributed by atoms with E-state index in [0.29, 0.717) is 16.5 Å². The highest BCUT2D eigenvalue weighted by molar-refractivity contribution is 6.36. The molecule has 0 aromatic heterocycles. The molecule has 37 heavy (non-hydrogen) atoms. The number of halogens is 1. The lowest BCUT2D eigenvalue weighted by Gasteiger charge is -2.38. The van der Waals surface area contributed by atoms with Gasteiger partial charge in [-0.2, -0.15) is 0 Å². The van der Waals surface area contributed by atoms with E-state index in [9.17, 15) is 14.4 Å². The van der Waals surface area contributed by atoms with Gasteiger partial charge in [-0.1, -0.05) is 96.5 Å². The lowest BCUT2D eigenvalue weighted by atomic mass is 9.64. The van der Waals surface area contributed by atoms with E-state index in [1.165, 1.54) is 0 Å². The summed E-state index contributed by atoms with van der Waals surface area (Å²) >= 11 is 6.42. The van der Waals surface area contributed by atoms with Gasteiger partial charge in [-0.05, 0) is 28.7 Å². The summed E-state index contributed by atoms with van der Waals surface area (Å²) in [7, 11) is 0. The summed E-state index contributed by atoms with van der Waals surface area (Å²) in [6.45, 7) is 0. The number of fused-ring (bicyclic) bond motifs is 7. The van der Waals surface area contributed by atoms with Gasteiger partial charge in [-0.3, -0.25) is 14.4 Å². The van der Waals surface area contributed by atoms with E-state index in [-0.39, 0.29) is 5.91 Å². The number of para-hydroxylation sites is 1. The van der Waals surface area contributed by atoms with Crippen molar-refractivity contribution in [2.24, 2.45) is 17.8 Å². The number of hydrogen-bond acceptors (Lipinski definition) is 4. The number of benzene rings is 4. The predicted molar refractivity (Wildman–Crippen MR) is 141 cm³/mol. The van der Waals surface area contributed by atoms with Crippen molar-refractivity contribution in [3.8, 4) is 5.75 Å². The second-order valence-corrected chi connectivity index (χ2v) is 10.0. The molecule has 0 bridgehead atoms. The van der Waals surface area contributed by atoms with Crippen LogP contribution in [-0.2, 0) is 14.4 Å². The van der Waals surface area contributed by atoms with Gasteiger partial charge in [0.25, 0.3) is 0 Å².